The molecule has 0 aromatic carbocycles. The molecule has 7 heteroatoms. The predicted molar refractivity (Wildman–Crippen MR) is 103 cm³/mol. The lowest BCUT2D eigenvalue weighted by atomic mass is 10.2. The number of pyridine rings is 2. The molecule has 5 heterocycles. The van der Waals surface area contributed by atoms with Crippen molar-refractivity contribution in [3.8, 4) is 11.4 Å². The molecule has 1 aliphatic heterocycles. The first kappa shape index (κ1) is 16.1. The number of rotatable bonds is 2. The smallest absolute Gasteiger partial charge is 0.274 e. The summed E-state index contributed by atoms with van der Waals surface area (Å²) in [4.78, 5) is 19.2. The van der Waals surface area contributed by atoms with Crippen LogP contribution in [0.15, 0.2) is 60.9 Å². The minimum absolute atomic E-state index is 0.0679. The van der Waals surface area contributed by atoms with E-state index in [0.717, 1.165) is 29.1 Å². The van der Waals surface area contributed by atoms with Gasteiger partial charge in [-0.25, -0.2) is 4.52 Å². The highest BCUT2D eigenvalue weighted by Crippen LogP contribution is 2.25. The van der Waals surface area contributed by atoms with Gasteiger partial charge in [-0.1, -0.05) is 17.7 Å². The Morgan fingerprint density at radius 3 is 2.85 bits per heavy atom. The van der Waals surface area contributed by atoms with E-state index in [2.05, 4.69) is 26.8 Å². The molecule has 5 rings (SSSR count). The van der Waals surface area contributed by atoms with Gasteiger partial charge in [0.15, 0.2) is 5.69 Å². The SMILES string of the molecule is O=C(c1cc2ccc(Cl)cn2n1)N1CCn2c(ccc2-c2ccccn2)C1. The fourth-order valence-corrected chi connectivity index (χ4v) is 3.70. The van der Waals surface area contributed by atoms with E-state index in [9.17, 15) is 4.79 Å². The summed E-state index contributed by atoms with van der Waals surface area (Å²) in [5.41, 5.74) is 4.41. The van der Waals surface area contributed by atoms with E-state index < -0.39 is 0 Å². The van der Waals surface area contributed by atoms with Crippen molar-refractivity contribution in [3.63, 3.8) is 0 Å². The first-order valence-electron chi connectivity index (χ1n) is 8.73. The molecule has 0 saturated carbocycles. The van der Waals surface area contributed by atoms with E-state index in [1.54, 1.807) is 29.0 Å². The van der Waals surface area contributed by atoms with Gasteiger partial charge >= 0.3 is 0 Å². The number of aromatic nitrogens is 4. The second-order valence-electron chi connectivity index (χ2n) is 6.55. The zero-order valence-electron chi connectivity index (χ0n) is 14.4. The van der Waals surface area contributed by atoms with Gasteiger partial charge in [0.05, 0.1) is 28.5 Å². The van der Waals surface area contributed by atoms with Crippen molar-refractivity contribution in [1.82, 2.24) is 24.1 Å². The van der Waals surface area contributed by atoms with Gasteiger partial charge in [-0.15, -0.1) is 0 Å². The van der Waals surface area contributed by atoms with Gasteiger partial charge < -0.3 is 9.47 Å². The van der Waals surface area contributed by atoms with Crippen LogP contribution in [0.2, 0.25) is 5.02 Å². The molecule has 0 bridgehead atoms. The Hall–Kier alpha value is -3.12. The highest BCUT2D eigenvalue weighted by atomic mass is 35.5. The van der Waals surface area contributed by atoms with Crippen molar-refractivity contribution in [3.05, 3.63) is 77.3 Å². The third kappa shape index (κ3) is 2.78. The van der Waals surface area contributed by atoms with Crippen molar-refractivity contribution in [2.45, 2.75) is 13.1 Å². The molecule has 0 atom stereocenters. The van der Waals surface area contributed by atoms with Crippen LogP contribution in [0.5, 0.6) is 0 Å². The lowest BCUT2D eigenvalue weighted by Gasteiger charge is -2.29. The Bertz CT molecular complexity index is 1150. The molecule has 134 valence electrons. The Morgan fingerprint density at radius 1 is 1.07 bits per heavy atom. The van der Waals surface area contributed by atoms with Crippen LogP contribution in [-0.4, -0.2) is 36.5 Å². The molecule has 0 aliphatic carbocycles. The summed E-state index contributed by atoms with van der Waals surface area (Å²) >= 11 is 6.00. The highest BCUT2D eigenvalue weighted by Gasteiger charge is 2.25. The lowest BCUT2D eigenvalue weighted by Crippen LogP contribution is -2.38. The Balaban J connectivity index is 1.42. The van der Waals surface area contributed by atoms with Crippen LogP contribution in [0.25, 0.3) is 16.9 Å². The summed E-state index contributed by atoms with van der Waals surface area (Å²) in [7, 11) is 0. The molecule has 1 aliphatic rings. The average Bonchev–Trinajstić information content (AvgIpc) is 3.31. The standard InChI is InChI=1S/C20H16ClN5O/c21-14-4-5-15-11-18(23-26(15)12-14)20(27)24-9-10-25-16(13-24)6-7-19(25)17-3-1-2-8-22-17/h1-8,11-12H,9-10,13H2. The molecule has 0 unspecified atom stereocenters. The topological polar surface area (TPSA) is 55.4 Å². The molecule has 4 aromatic heterocycles. The number of halogens is 1. The molecule has 0 fully saturated rings. The van der Waals surface area contributed by atoms with Gasteiger partial charge in [-0.2, -0.15) is 5.10 Å². The molecule has 1 amide bonds. The summed E-state index contributed by atoms with van der Waals surface area (Å²) in [6.45, 7) is 1.93. The van der Waals surface area contributed by atoms with E-state index in [-0.39, 0.29) is 5.91 Å². The fraction of sp³-hybridized carbons (Fsp3) is 0.150. The van der Waals surface area contributed by atoms with Crippen LogP contribution >= 0.6 is 11.6 Å². The van der Waals surface area contributed by atoms with Gasteiger partial charge in [-0.05, 0) is 42.5 Å². The quantitative estimate of drug-likeness (QED) is 0.537. The van der Waals surface area contributed by atoms with Crippen molar-refractivity contribution >= 4 is 23.0 Å². The van der Waals surface area contributed by atoms with Gasteiger partial charge in [0.25, 0.3) is 5.91 Å². The van der Waals surface area contributed by atoms with Crippen LogP contribution in [0, 0.1) is 0 Å². The summed E-state index contributed by atoms with van der Waals surface area (Å²) in [5, 5.41) is 4.97. The van der Waals surface area contributed by atoms with Crippen molar-refractivity contribution in [2.75, 3.05) is 6.54 Å². The summed E-state index contributed by atoms with van der Waals surface area (Å²) < 4.78 is 3.87. The first-order valence-corrected chi connectivity index (χ1v) is 9.11. The molecule has 6 nitrogen and oxygen atoms in total. The van der Waals surface area contributed by atoms with Crippen LogP contribution in [-0.2, 0) is 13.1 Å². The van der Waals surface area contributed by atoms with Crippen LogP contribution < -0.4 is 0 Å². The lowest BCUT2D eigenvalue weighted by molar-refractivity contribution is 0.0705. The highest BCUT2D eigenvalue weighted by molar-refractivity contribution is 6.30. The molecular formula is C20H16ClN5O. The molecule has 0 spiro atoms. The van der Waals surface area contributed by atoms with E-state index >= 15 is 0 Å². The zero-order chi connectivity index (χ0) is 18.4. The number of nitrogens with zero attached hydrogens (tertiary/aromatic N) is 5. The van der Waals surface area contributed by atoms with Crippen molar-refractivity contribution in [1.29, 1.82) is 0 Å². The summed E-state index contributed by atoms with van der Waals surface area (Å²) in [5.74, 6) is -0.0679. The van der Waals surface area contributed by atoms with E-state index in [1.807, 2.05) is 29.2 Å². The first-order chi connectivity index (χ1) is 13.2. The molecule has 0 N–H and O–H groups in total. The molecule has 0 saturated heterocycles. The Morgan fingerprint density at radius 2 is 2.00 bits per heavy atom. The fourth-order valence-electron chi connectivity index (χ4n) is 3.55. The molecular weight excluding hydrogens is 362 g/mol. The maximum absolute atomic E-state index is 12.9. The van der Waals surface area contributed by atoms with Crippen molar-refractivity contribution < 1.29 is 4.79 Å². The number of fused-ring (bicyclic) bond motifs is 2. The summed E-state index contributed by atoms with van der Waals surface area (Å²) in [6, 6.07) is 15.5. The number of carbonyl (C=O) groups excluding carboxylic acids is 1. The predicted octanol–water partition coefficient (Wildman–Crippen LogP) is 3.51. The van der Waals surface area contributed by atoms with Gasteiger partial charge in [0, 0.05) is 31.2 Å². The normalized spacial score (nSPS) is 13.7. The third-order valence-electron chi connectivity index (χ3n) is 4.87. The molecule has 4 aromatic rings. The minimum atomic E-state index is -0.0679. The second-order valence-corrected chi connectivity index (χ2v) is 6.99. The Labute approximate surface area is 160 Å². The molecule has 0 radical (unpaired) electrons. The maximum Gasteiger partial charge on any atom is 0.274 e. The number of hydrogen-bond donors (Lipinski definition) is 0. The van der Waals surface area contributed by atoms with Gasteiger partial charge in [0.1, 0.15) is 0 Å². The van der Waals surface area contributed by atoms with Crippen molar-refractivity contribution in [2.24, 2.45) is 0 Å². The number of amides is 1. The van der Waals surface area contributed by atoms with Gasteiger partial charge in [-0.3, -0.25) is 9.78 Å². The zero-order valence-corrected chi connectivity index (χ0v) is 15.2. The van der Waals surface area contributed by atoms with E-state index in [4.69, 9.17) is 11.6 Å². The summed E-state index contributed by atoms with van der Waals surface area (Å²) in [6.07, 6.45) is 3.50. The van der Waals surface area contributed by atoms with Crippen LogP contribution in [0.1, 0.15) is 16.2 Å². The average molecular weight is 378 g/mol. The minimum Gasteiger partial charge on any atom is -0.340 e. The van der Waals surface area contributed by atoms with Crippen LogP contribution in [0.3, 0.4) is 0 Å². The van der Waals surface area contributed by atoms with Gasteiger partial charge in [0.2, 0.25) is 0 Å². The number of carbonyl (C=O) groups is 1. The maximum atomic E-state index is 12.9. The monoisotopic (exact) mass is 377 g/mol. The largest absolute Gasteiger partial charge is 0.340 e. The Kier molecular flexibility index (Phi) is 3.72. The van der Waals surface area contributed by atoms with E-state index in [1.165, 1.54) is 0 Å². The second kappa shape index (κ2) is 6.25. The van der Waals surface area contributed by atoms with E-state index in [0.29, 0.717) is 23.8 Å². The third-order valence-corrected chi connectivity index (χ3v) is 5.10. The molecule has 27 heavy (non-hydrogen) atoms. The number of hydrogen-bond acceptors (Lipinski definition) is 3. The van der Waals surface area contributed by atoms with Crippen LogP contribution in [0.4, 0.5) is 0 Å².